The van der Waals surface area contributed by atoms with Crippen LogP contribution >= 0.6 is 0 Å². The van der Waals surface area contributed by atoms with Crippen molar-refractivity contribution in [2.75, 3.05) is 0 Å². The molecule has 0 N–H and O–H groups in total. The van der Waals surface area contributed by atoms with E-state index in [4.69, 9.17) is 6.64 Å². The molecule has 0 radical (unpaired) electrons. The summed E-state index contributed by atoms with van der Waals surface area (Å²) in [5.74, 6) is -0.769. The number of carbonyl (C=O) groups is 2. The van der Waals surface area contributed by atoms with Crippen LogP contribution in [0, 0.1) is 0 Å². The molecule has 4 nitrogen and oxygen atoms in total. The fraction of sp³-hybridized carbons (Fsp3) is 0.333. The summed E-state index contributed by atoms with van der Waals surface area (Å²) >= 11 is -3.04. The fourth-order valence-corrected chi connectivity index (χ4v) is 8.24. The molecule has 0 aliphatic heterocycles. The van der Waals surface area contributed by atoms with Gasteiger partial charge in [-0.05, 0) is 0 Å². The molecule has 1 atom stereocenters. The number of fused-ring (bicyclic) bond motifs is 1. The van der Waals surface area contributed by atoms with Crippen molar-refractivity contribution in [2.45, 2.75) is 55.6 Å². The van der Waals surface area contributed by atoms with E-state index in [-0.39, 0.29) is 28.6 Å². The Morgan fingerprint density at radius 2 is 1.27 bits per heavy atom. The van der Waals surface area contributed by atoms with Crippen LogP contribution in [0.2, 0.25) is 4.22 Å². The summed E-state index contributed by atoms with van der Waals surface area (Å²) in [4.78, 5) is 25.9. The van der Waals surface area contributed by atoms with Gasteiger partial charge in [-0.15, -0.1) is 0 Å². The van der Waals surface area contributed by atoms with E-state index in [2.05, 4.69) is 0 Å². The Labute approximate surface area is 208 Å². The van der Waals surface area contributed by atoms with Crippen molar-refractivity contribution in [1.82, 2.24) is 0 Å². The first kappa shape index (κ1) is 24.0. The monoisotopic (exact) mass is 498 g/mol. The third kappa shape index (κ3) is 5.19. The van der Waals surface area contributed by atoms with Crippen LogP contribution in [-0.4, -0.2) is 11.9 Å². The summed E-state index contributed by atoms with van der Waals surface area (Å²) in [5, 5.41) is 0. The Balaban J connectivity index is 0.00000259. The standard InChI is InChI=1S/C13H17.2C7H6O2.ClH.Ti/c1-3-7-12-10(5-1)9-11-6-2-4-8-13(11)12;2*8-7(9)6-4-2-1-3-5-6;;/h5H,1-4,6-9H2;2*1-5H,(H,8,9);1H;/q;;;;+3/p-3. The third-order valence-corrected chi connectivity index (χ3v) is 9.86. The smallest absolute Gasteiger partial charge is 1.00 e. The van der Waals surface area contributed by atoms with Crippen LogP contribution < -0.4 is 12.4 Å². The van der Waals surface area contributed by atoms with E-state index in [1.807, 2.05) is 36.4 Å². The molecule has 3 aliphatic rings. The minimum absolute atomic E-state index is 0. The molecule has 0 spiro atoms. The summed E-state index contributed by atoms with van der Waals surface area (Å²) in [5.41, 5.74) is 7.04. The number of carbonyl (C=O) groups excluding carboxylic acids is 2. The minimum atomic E-state index is -3.04. The van der Waals surface area contributed by atoms with Crippen LogP contribution in [0.5, 0.6) is 0 Å². The van der Waals surface area contributed by atoms with E-state index in [9.17, 15) is 9.59 Å². The van der Waals surface area contributed by atoms with Gasteiger partial charge in [0.2, 0.25) is 0 Å². The summed E-state index contributed by atoms with van der Waals surface area (Å²) in [6, 6.07) is 18.0. The second kappa shape index (κ2) is 10.9. The van der Waals surface area contributed by atoms with E-state index in [0.29, 0.717) is 11.1 Å². The van der Waals surface area contributed by atoms with Crippen molar-refractivity contribution >= 4 is 11.9 Å². The maximum Gasteiger partial charge on any atom is -1.00 e. The Morgan fingerprint density at radius 1 is 0.727 bits per heavy atom. The van der Waals surface area contributed by atoms with Gasteiger partial charge in [0.1, 0.15) is 0 Å². The fourth-order valence-electron chi connectivity index (χ4n) is 5.23. The summed E-state index contributed by atoms with van der Waals surface area (Å²) in [6.07, 6.45) is 8.95. The molecule has 0 saturated carbocycles. The third-order valence-electron chi connectivity index (χ3n) is 6.77. The molecule has 2 aromatic rings. The van der Waals surface area contributed by atoms with Crippen LogP contribution in [0.1, 0.15) is 72.1 Å². The quantitative estimate of drug-likeness (QED) is 0.590. The van der Waals surface area contributed by atoms with Crippen molar-refractivity contribution in [2.24, 2.45) is 0 Å². The maximum atomic E-state index is 13.0. The molecule has 0 fully saturated rings. The predicted octanol–water partition coefficient (Wildman–Crippen LogP) is 3.70. The van der Waals surface area contributed by atoms with Gasteiger partial charge < -0.3 is 12.4 Å². The molecule has 5 rings (SSSR count). The molecule has 1 unspecified atom stereocenters. The Bertz CT molecular complexity index is 1020. The van der Waals surface area contributed by atoms with Gasteiger partial charge in [0.25, 0.3) is 0 Å². The van der Waals surface area contributed by atoms with Crippen LogP contribution in [-0.2, 0) is 25.3 Å². The van der Waals surface area contributed by atoms with Crippen LogP contribution in [0.4, 0.5) is 0 Å². The van der Waals surface area contributed by atoms with Crippen LogP contribution in [0.25, 0.3) is 0 Å². The predicted molar refractivity (Wildman–Crippen MR) is 118 cm³/mol. The second-order valence-corrected chi connectivity index (χ2v) is 11.5. The average molecular weight is 499 g/mol. The van der Waals surface area contributed by atoms with Gasteiger partial charge in [0.15, 0.2) is 0 Å². The zero-order valence-corrected chi connectivity index (χ0v) is 20.8. The second-order valence-electron chi connectivity index (χ2n) is 8.74. The van der Waals surface area contributed by atoms with Crippen molar-refractivity contribution in [1.29, 1.82) is 0 Å². The Morgan fingerprint density at radius 3 is 1.88 bits per heavy atom. The number of allylic oxidation sites excluding steroid dienone is 4. The van der Waals surface area contributed by atoms with E-state index in [0.717, 1.165) is 25.7 Å². The molecule has 0 amide bonds. The normalized spacial score (nSPS) is 19.2. The molecule has 33 heavy (non-hydrogen) atoms. The van der Waals surface area contributed by atoms with Gasteiger partial charge in [0.05, 0.1) is 0 Å². The molecule has 0 heterocycles. The minimum Gasteiger partial charge on any atom is -1.00 e. The molecule has 2 aromatic carbocycles. The van der Waals surface area contributed by atoms with E-state index < -0.39 is 18.6 Å². The van der Waals surface area contributed by atoms with Gasteiger partial charge in [0, 0.05) is 0 Å². The first-order valence-corrected chi connectivity index (χ1v) is 13.7. The summed E-state index contributed by atoms with van der Waals surface area (Å²) < 4.78 is 12.2. The molecule has 0 bridgehead atoms. The topological polar surface area (TPSA) is 52.6 Å². The van der Waals surface area contributed by atoms with Crippen molar-refractivity contribution in [3.05, 3.63) is 94.1 Å². The Kier molecular flexibility index (Phi) is 7.90. The molecular formula is C27H27ClO4Ti. The number of halogens is 1. The molecule has 3 aliphatic carbocycles. The largest absolute Gasteiger partial charge is 1.00 e. The maximum absolute atomic E-state index is 13.0. The number of rotatable bonds is 5. The first-order valence-electron chi connectivity index (χ1n) is 11.5. The zero-order chi connectivity index (χ0) is 21.9. The molecule has 0 aromatic heterocycles. The molecular weight excluding hydrogens is 472 g/mol. The summed E-state index contributed by atoms with van der Waals surface area (Å²) in [7, 11) is 0. The van der Waals surface area contributed by atoms with Crippen molar-refractivity contribution in [3.63, 3.8) is 0 Å². The zero-order valence-electron chi connectivity index (χ0n) is 18.5. The van der Waals surface area contributed by atoms with Gasteiger partial charge in [-0.1, -0.05) is 0 Å². The first-order chi connectivity index (χ1) is 15.7. The van der Waals surface area contributed by atoms with Gasteiger partial charge >= 0.3 is 196 Å². The summed E-state index contributed by atoms with van der Waals surface area (Å²) in [6.45, 7) is 0. The molecule has 170 valence electrons. The van der Waals surface area contributed by atoms with Gasteiger partial charge in [-0.3, -0.25) is 0 Å². The van der Waals surface area contributed by atoms with Crippen LogP contribution in [0.15, 0.2) is 83.0 Å². The van der Waals surface area contributed by atoms with E-state index >= 15 is 0 Å². The van der Waals surface area contributed by atoms with E-state index in [1.54, 1.807) is 35.4 Å². The Hall–Kier alpha value is -2.14. The molecule has 6 heteroatoms. The van der Waals surface area contributed by atoms with Gasteiger partial charge in [-0.2, -0.15) is 0 Å². The number of hydrogen-bond donors (Lipinski definition) is 0. The average Bonchev–Trinajstić information content (AvgIpc) is 3.23. The van der Waals surface area contributed by atoms with Crippen LogP contribution in [0.3, 0.4) is 0 Å². The molecule has 0 saturated heterocycles. The van der Waals surface area contributed by atoms with Crippen molar-refractivity contribution in [3.8, 4) is 0 Å². The number of hydrogen-bond acceptors (Lipinski definition) is 4. The van der Waals surface area contributed by atoms with E-state index in [1.165, 1.54) is 36.8 Å². The SMILES string of the molecule is O=C([O][Ti+]([O]C(=O)c1ccccc1)[CH]1CCCC2=C1CC1=C2CCCC1)c1ccccc1.[Cl-]. The van der Waals surface area contributed by atoms with Gasteiger partial charge in [-0.25, -0.2) is 0 Å². The van der Waals surface area contributed by atoms with Crippen molar-refractivity contribution < 1.29 is 47.3 Å². The number of benzene rings is 2.